The van der Waals surface area contributed by atoms with E-state index in [0.717, 1.165) is 11.4 Å². The van der Waals surface area contributed by atoms with Gasteiger partial charge in [0.1, 0.15) is 5.75 Å². The number of hydrogen-bond acceptors (Lipinski definition) is 6. The van der Waals surface area contributed by atoms with Crippen molar-refractivity contribution in [2.45, 2.75) is 12.8 Å². The lowest BCUT2D eigenvalue weighted by molar-refractivity contribution is -0.305. The maximum absolute atomic E-state index is 10.5. The van der Waals surface area contributed by atoms with Gasteiger partial charge in [0.15, 0.2) is 0 Å². The number of hydrogen-bond donors (Lipinski definition) is 0. The van der Waals surface area contributed by atoms with Crippen molar-refractivity contribution in [3.05, 3.63) is 60.9 Å². The van der Waals surface area contributed by atoms with E-state index < -0.39 is 5.97 Å². The van der Waals surface area contributed by atoms with E-state index in [1.165, 1.54) is 0 Å². The van der Waals surface area contributed by atoms with Gasteiger partial charge in [0.2, 0.25) is 0 Å². The fourth-order valence-corrected chi connectivity index (χ4v) is 2.29. The highest BCUT2D eigenvalue weighted by molar-refractivity contribution is 5.65. The molecule has 0 aromatic carbocycles. The summed E-state index contributed by atoms with van der Waals surface area (Å²) in [6.45, 7) is 0.279. The molecule has 0 atom stereocenters. The number of nitrogens with zero attached hydrogens (tertiary/aromatic N) is 3. The topological polar surface area (TPSA) is 88.0 Å². The van der Waals surface area contributed by atoms with E-state index in [1.54, 1.807) is 24.5 Å². The quantitative estimate of drug-likeness (QED) is 0.615. The zero-order chi connectivity index (χ0) is 17.5. The molecule has 0 bridgehead atoms. The number of carboxylic acids is 1. The number of ether oxygens (including phenoxy) is 1. The zero-order valence-corrected chi connectivity index (χ0v) is 13.5. The van der Waals surface area contributed by atoms with Gasteiger partial charge in [-0.25, -0.2) is 4.98 Å². The molecule has 126 valence electrons. The van der Waals surface area contributed by atoms with Crippen molar-refractivity contribution < 1.29 is 14.6 Å². The molecular weight excluding hydrogens is 318 g/mol. The van der Waals surface area contributed by atoms with Crippen molar-refractivity contribution >= 4 is 5.97 Å². The molecule has 3 aromatic rings. The van der Waals surface area contributed by atoms with Gasteiger partial charge in [-0.3, -0.25) is 9.97 Å². The summed E-state index contributed by atoms with van der Waals surface area (Å²) < 4.78 is 5.69. The monoisotopic (exact) mass is 334 g/mol. The third kappa shape index (κ3) is 4.60. The first kappa shape index (κ1) is 16.6. The van der Waals surface area contributed by atoms with Gasteiger partial charge in [0, 0.05) is 30.5 Å². The van der Waals surface area contributed by atoms with Crippen LogP contribution in [0.5, 0.6) is 5.75 Å². The highest BCUT2D eigenvalue weighted by atomic mass is 16.5. The Kier molecular flexibility index (Phi) is 5.31. The number of rotatable bonds is 7. The van der Waals surface area contributed by atoms with Crippen LogP contribution in [0, 0.1) is 0 Å². The molecule has 0 N–H and O–H groups in total. The Morgan fingerprint density at radius 1 is 0.920 bits per heavy atom. The van der Waals surface area contributed by atoms with Crippen LogP contribution in [0.2, 0.25) is 0 Å². The van der Waals surface area contributed by atoms with Crippen LogP contribution in [-0.2, 0) is 4.79 Å². The summed E-state index contributed by atoms with van der Waals surface area (Å²) in [5.41, 5.74) is 2.78. The van der Waals surface area contributed by atoms with Crippen molar-refractivity contribution in [2.75, 3.05) is 6.61 Å². The molecule has 3 aromatic heterocycles. The smallest absolute Gasteiger partial charge is 0.123 e. The average Bonchev–Trinajstić information content (AvgIpc) is 2.66. The van der Waals surface area contributed by atoms with Gasteiger partial charge < -0.3 is 14.6 Å². The van der Waals surface area contributed by atoms with Crippen molar-refractivity contribution in [1.82, 2.24) is 15.0 Å². The van der Waals surface area contributed by atoms with Gasteiger partial charge in [0.05, 0.1) is 29.4 Å². The summed E-state index contributed by atoms with van der Waals surface area (Å²) in [6.07, 6.45) is 3.74. The van der Waals surface area contributed by atoms with E-state index in [9.17, 15) is 9.90 Å². The Balaban J connectivity index is 1.90. The number of aliphatic carboxylic acids is 1. The lowest BCUT2D eigenvalue weighted by atomic mass is 10.2. The van der Waals surface area contributed by atoms with Crippen LogP contribution in [0.3, 0.4) is 0 Å². The third-order valence-electron chi connectivity index (χ3n) is 3.45. The first-order chi connectivity index (χ1) is 12.2. The second-order valence-corrected chi connectivity index (χ2v) is 5.33. The molecular formula is C19H16N3O3-. The van der Waals surface area contributed by atoms with E-state index in [2.05, 4.69) is 15.0 Å². The van der Waals surface area contributed by atoms with Crippen molar-refractivity contribution in [3.63, 3.8) is 0 Å². The van der Waals surface area contributed by atoms with E-state index in [4.69, 9.17) is 4.74 Å². The third-order valence-corrected chi connectivity index (χ3v) is 3.45. The molecule has 0 unspecified atom stereocenters. The molecule has 3 heterocycles. The molecule has 6 heteroatoms. The van der Waals surface area contributed by atoms with E-state index in [-0.39, 0.29) is 13.0 Å². The minimum atomic E-state index is -1.08. The number of carbonyl (C=O) groups is 1. The Labute approximate surface area is 145 Å². The summed E-state index contributed by atoms with van der Waals surface area (Å²) in [6, 6.07) is 14.7. The number of carboxylic acid groups (broad SMARTS) is 1. The minimum absolute atomic E-state index is 0.0364. The summed E-state index contributed by atoms with van der Waals surface area (Å²) >= 11 is 0. The maximum atomic E-state index is 10.5. The van der Waals surface area contributed by atoms with Gasteiger partial charge in [0.25, 0.3) is 0 Å². The molecule has 0 aliphatic heterocycles. The molecule has 0 aliphatic rings. The SMILES string of the molecule is O=C([O-])CCCOc1cc(-c2ccccn2)nc(-c2ccccn2)c1. The summed E-state index contributed by atoms with van der Waals surface area (Å²) in [5, 5.41) is 10.5. The van der Waals surface area contributed by atoms with Crippen LogP contribution >= 0.6 is 0 Å². The second-order valence-electron chi connectivity index (χ2n) is 5.33. The molecule has 0 radical (unpaired) electrons. The molecule has 0 saturated carbocycles. The first-order valence-corrected chi connectivity index (χ1v) is 7.90. The van der Waals surface area contributed by atoms with Crippen LogP contribution in [0.15, 0.2) is 60.9 Å². The Bertz CT molecular complexity index is 781. The van der Waals surface area contributed by atoms with Crippen LogP contribution in [0.4, 0.5) is 0 Å². The molecule has 0 aliphatic carbocycles. The Hall–Kier alpha value is -3.28. The fraction of sp³-hybridized carbons (Fsp3) is 0.158. The molecule has 0 fully saturated rings. The number of aromatic nitrogens is 3. The largest absolute Gasteiger partial charge is 0.550 e. The Morgan fingerprint density at radius 3 is 2.00 bits per heavy atom. The predicted molar refractivity (Wildman–Crippen MR) is 90.4 cm³/mol. The van der Waals surface area contributed by atoms with Gasteiger partial charge in [-0.05, 0) is 37.1 Å². The molecule has 3 rings (SSSR count). The second kappa shape index (κ2) is 8.01. The average molecular weight is 334 g/mol. The van der Waals surface area contributed by atoms with Crippen molar-refractivity contribution in [2.24, 2.45) is 0 Å². The predicted octanol–water partition coefficient (Wildman–Crippen LogP) is 2.11. The maximum Gasteiger partial charge on any atom is 0.123 e. The standard InChI is InChI=1S/C19H17N3O3/c23-19(24)8-5-11-25-14-12-17(15-6-1-3-9-20-15)22-18(13-14)16-7-2-4-10-21-16/h1-4,6-7,9-10,12-13H,5,8,11H2,(H,23,24)/p-1. The van der Waals surface area contributed by atoms with Crippen LogP contribution in [0.25, 0.3) is 22.8 Å². The molecule has 0 saturated heterocycles. The van der Waals surface area contributed by atoms with E-state index in [1.807, 2.05) is 36.4 Å². The number of pyridine rings is 3. The van der Waals surface area contributed by atoms with Crippen LogP contribution in [0.1, 0.15) is 12.8 Å². The van der Waals surface area contributed by atoms with Gasteiger partial charge >= 0.3 is 0 Å². The normalized spacial score (nSPS) is 10.4. The first-order valence-electron chi connectivity index (χ1n) is 7.90. The lowest BCUT2D eigenvalue weighted by Gasteiger charge is -2.10. The minimum Gasteiger partial charge on any atom is -0.550 e. The van der Waals surface area contributed by atoms with Gasteiger partial charge in [-0.15, -0.1) is 0 Å². The van der Waals surface area contributed by atoms with E-state index >= 15 is 0 Å². The lowest BCUT2D eigenvalue weighted by Crippen LogP contribution is -2.22. The summed E-state index contributed by atoms with van der Waals surface area (Å²) in [5.74, 6) is -0.490. The van der Waals surface area contributed by atoms with Crippen molar-refractivity contribution in [3.8, 4) is 28.5 Å². The zero-order valence-electron chi connectivity index (χ0n) is 13.5. The van der Waals surface area contributed by atoms with Gasteiger partial charge in [-0.1, -0.05) is 12.1 Å². The molecule has 0 amide bonds. The van der Waals surface area contributed by atoms with Crippen molar-refractivity contribution in [1.29, 1.82) is 0 Å². The number of carbonyl (C=O) groups excluding carboxylic acids is 1. The van der Waals surface area contributed by atoms with Crippen LogP contribution < -0.4 is 9.84 Å². The van der Waals surface area contributed by atoms with Crippen LogP contribution in [-0.4, -0.2) is 27.5 Å². The highest BCUT2D eigenvalue weighted by Crippen LogP contribution is 2.26. The molecule has 6 nitrogen and oxygen atoms in total. The highest BCUT2D eigenvalue weighted by Gasteiger charge is 2.09. The summed E-state index contributed by atoms with van der Waals surface area (Å²) in [7, 11) is 0. The summed E-state index contributed by atoms with van der Waals surface area (Å²) in [4.78, 5) is 23.8. The molecule has 0 spiro atoms. The molecule has 25 heavy (non-hydrogen) atoms. The van der Waals surface area contributed by atoms with E-state index in [0.29, 0.717) is 23.6 Å². The fourth-order valence-electron chi connectivity index (χ4n) is 2.29. The Morgan fingerprint density at radius 2 is 1.52 bits per heavy atom. The van der Waals surface area contributed by atoms with Gasteiger partial charge in [-0.2, -0.15) is 0 Å².